The number of ketones is 1. The summed E-state index contributed by atoms with van der Waals surface area (Å²) < 4.78 is 5.18. The van der Waals surface area contributed by atoms with E-state index in [4.69, 9.17) is 4.74 Å². The van der Waals surface area contributed by atoms with E-state index in [9.17, 15) is 9.90 Å². The maximum absolute atomic E-state index is 12.2. The zero-order valence-corrected chi connectivity index (χ0v) is 12.4. The van der Waals surface area contributed by atoms with Gasteiger partial charge in [-0.2, -0.15) is 0 Å². The van der Waals surface area contributed by atoms with Crippen molar-refractivity contribution in [3.8, 4) is 11.5 Å². The number of benzene rings is 2. The molecule has 0 fully saturated rings. The molecule has 0 aliphatic rings. The van der Waals surface area contributed by atoms with Crippen molar-refractivity contribution in [3.63, 3.8) is 0 Å². The minimum Gasteiger partial charge on any atom is -0.507 e. The zero-order chi connectivity index (χ0) is 15.4. The van der Waals surface area contributed by atoms with Gasteiger partial charge in [-0.3, -0.25) is 4.79 Å². The molecule has 0 bridgehead atoms. The van der Waals surface area contributed by atoms with E-state index in [0.717, 1.165) is 16.7 Å². The molecule has 108 valence electrons. The number of allylic oxidation sites excluding steroid dienone is 1. The molecular weight excluding hydrogens is 264 g/mol. The van der Waals surface area contributed by atoms with E-state index in [0.29, 0.717) is 17.1 Å². The fourth-order valence-corrected chi connectivity index (χ4v) is 2.20. The normalized spacial score (nSPS) is 10.8. The summed E-state index contributed by atoms with van der Waals surface area (Å²) in [7, 11) is 1.54. The molecule has 0 aromatic heterocycles. The lowest BCUT2D eigenvalue weighted by Gasteiger charge is -2.06. The van der Waals surface area contributed by atoms with Crippen LogP contribution in [0, 0.1) is 13.8 Å². The van der Waals surface area contributed by atoms with Gasteiger partial charge in [0.15, 0.2) is 5.78 Å². The topological polar surface area (TPSA) is 46.5 Å². The van der Waals surface area contributed by atoms with Crippen molar-refractivity contribution >= 4 is 11.9 Å². The number of hydrogen-bond donors (Lipinski definition) is 1. The van der Waals surface area contributed by atoms with Gasteiger partial charge in [-0.05, 0) is 60.9 Å². The highest BCUT2D eigenvalue weighted by Gasteiger charge is 2.08. The molecule has 0 aliphatic carbocycles. The first kappa shape index (κ1) is 14.9. The number of para-hydroxylation sites is 1. The van der Waals surface area contributed by atoms with E-state index in [-0.39, 0.29) is 5.78 Å². The first-order valence-electron chi connectivity index (χ1n) is 6.68. The van der Waals surface area contributed by atoms with Gasteiger partial charge in [0, 0.05) is 0 Å². The molecule has 0 aliphatic heterocycles. The number of carbonyl (C=O) groups excluding carboxylic acids is 1. The highest BCUT2D eigenvalue weighted by Crippen LogP contribution is 2.24. The Morgan fingerprint density at radius 3 is 2.38 bits per heavy atom. The molecule has 0 saturated heterocycles. The van der Waals surface area contributed by atoms with E-state index >= 15 is 0 Å². The Labute approximate surface area is 124 Å². The van der Waals surface area contributed by atoms with Crippen molar-refractivity contribution in [2.75, 3.05) is 7.11 Å². The first-order valence-corrected chi connectivity index (χ1v) is 6.68. The monoisotopic (exact) mass is 282 g/mol. The Morgan fingerprint density at radius 2 is 1.76 bits per heavy atom. The Kier molecular flexibility index (Phi) is 4.43. The smallest absolute Gasteiger partial charge is 0.189 e. The summed E-state index contributed by atoms with van der Waals surface area (Å²) in [4.78, 5) is 12.2. The molecule has 0 heterocycles. The van der Waals surface area contributed by atoms with Crippen LogP contribution in [0.25, 0.3) is 6.08 Å². The van der Waals surface area contributed by atoms with Gasteiger partial charge in [0.1, 0.15) is 11.5 Å². The van der Waals surface area contributed by atoms with Crippen LogP contribution in [0.1, 0.15) is 27.0 Å². The van der Waals surface area contributed by atoms with Crippen molar-refractivity contribution in [1.29, 1.82) is 0 Å². The van der Waals surface area contributed by atoms with E-state index in [1.165, 1.54) is 6.08 Å². The highest BCUT2D eigenvalue weighted by atomic mass is 16.5. The van der Waals surface area contributed by atoms with Gasteiger partial charge in [0.2, 0.25) is 0 Å². The summed E-state index contributed by atoms with van der Waals surface area (Å²) in [6.07, 6.45) is 3.26. The molecular formula is C18H18O3. The van der Waals surface area contributed by atoms with Gasteiger partial charge in [0.25, 0.3) is 0 Å². The second-order valence-corrected chi connectivity index (χ2v) is 4.90. The maximum Gasteiger partial charge on any atom is 0.189 e. The van der Waals surface area contributed by atoms with Crippen molar-refractivity contribution in [1.82, 2.24) is 0 Å². The standard InChI is InChI=1S/C18H18O3/c1-12-10-14(11-13(2)18(12)20)8-9-16(19)15-6-4-5-7-17(15)21-3/h4-11,20H,1-3H3. The summed E-state index contributed by atoms with van der Waals surface area (Å²) in [6.45, 7) is 3.67. The van der Waals surface area contributed by atoms with Crippen molar-refractivity contribution < 1.29 is 14.6 Å². The van der Waals surface area contributed by atoms with Gasteiger partial charge >= 0.3 is 0 Å². The largest absolute Gasteiger partial charge is 0.507 e. The molecule has 1 N–H and O–H groups in total. The Hall–Kier alpha value is -2.55. The SMILES string of the molecule is COc1ccccc1C(=O)C=Cc1cc(C)c(O)c(C)c1. The van der Waals surface area contributed by atoms with Crippen molar-refractivity contribution in [2.24, 2.45) is 0 Å². The van der Waals surface area contributed by atoms with E-state index in [2.05, 4.69) is 0 Å². The Morgan fingerprint density at radius 1 is 1.14 bits per heavy atom. The van der Waals surface area contributed by atoms with Crippen LogP contribution < -0.4 is 4.74 Å². The molecule has 0 spiro atoms. The first-order chi connectivity index (χ1) is 10.0. The summed E-state index contributed by atoms with van der Waals surface area (Å²) in [5.74, 6) is 0.740. The number of ether oxygens (including phenoxy) is 1. The number of aryl methyl sites for hydroxylation is 2. The molecule has 0 unspecified atom stereocenters. The Bertz CT molecular complexity index is 676. The number of methoxy groups -OCH3 is 1. The van der Waals surface area contributed by atoms with Gasteiger partial charge in [-0.25, -0.2) is 0 Å². The third-order valence-corrected chi connectivity index (χ3v) is 3.31. The van der Waals surface area contributed by atoms with Gasteiger partial charge < -0.3 is 9.84 Å². The lowest BCUT2D eigenvalue weighted by molar-refractivity contribution is 0.104. The van der Waals surface area contributed by atoms with Gasteiger partial charge in [-0.15, -0.1) is 0 Å². The fourth-order valence-electron chi connectivity index (χ4n) is 2.20. The van der Waals surface area contributed by atoms with Crippen LogP contribution in [0.4, 0.5) is 0 Å². The molecule has 0 radical (unpaired) electrons. The number of hydrogen-bond acceptors (Lipinski definition) is 3. The molecule has 0 amide bonds. The Balaban J connectivity index is 2.27. The predicted molar refractivity (Wildman–Crippen MR) is 83.9 cm³/mol. The minimum absolute atomic E-state index is 0.115. The molecule has 3 heteroatoms. The molecule has 2 aromatic rings. The van der Waals surface area contributed by atoms with Crippen LogP contribution in [-0.2, 0) is 0 Å². The third-order valence-electron chi connectivity index (χ3n) is 3.31. The number of aromatic hydroxyl groups is 1. The molecule has 2 rings (SSSR count). The van der Waals surface area contributed by atoms with Crippen LogP contribution in [0.3, 0.4) is 0 Å². The fraction of sp³-hybridized carbons (Fsp3) is 0.167. The summed E-state index contributed by atoms with van der Waals surface area (Å²) in [5, 5.41) is 9.75. The number of phenols is 1. The van der Waals surface area contributed by atoms with Crippen LogP contribution in [0.2, 0.25) is 0 Å². The molecule has 2 aromatic carbocycles. The van der Waals surface area contributed by atoms with E-state index in [1.54, 1.807) is 31.4 Å². The second kappa shape index (κ2) is 6.27. The van der Waals surface area contributed by atoms with Crippen LogP contribution in [0.5, 0.6) is 11.5 Å². The molecule has 0 saturated carbocycles. The maximum atomic E-state index is 12.2. The van der Waals surface area contributed by atoms with Crippen LogP contribution >= 0.6 is 0 Å². The lowest BCUT2D eigenvalue weighted by atomic mass is 10.0. The average Bonchev–Trinajstić information content (AvgIpc) is 2.50. The summed E-state index contributed by atoms with van der Waals surface area (Å²) >= 11 is 0. The third kappa shape index (κ3) is 3.31. The summed E-state index contributed by atoms with van der Waals surface area (Å²) in [5.41, 5.74) is 2.99. The van der Waals surface area contributed by atoms with E-state index in [1.807, 2.05) is 32.0 Å². The van der Waals surface area contributed by atoms with Gasteiger partial charge in [-0.1, -0.05) is 18.2 Å². The lowest BCUT2D eigenvalue weighted by Crippen LogP contribution is -1.98. The van der Waals surface area contributed by atoms with Crippen molar-refractivity contribution in [2.45, 2.75) is 13.8 Å². The zero-order valence-electron chi connectivity index (χ0n) is 12.4. The quantitative estimate of drug-likeness (QED) is 0.683. The van der Waals surface area contributed by atoms with E-state index < -0.39 is 0 Å². The second-order valence-electron chi connectivity index (χ2n) is 4.90. The minimum atomic E-state index is -0.115. The molecule has 21 heavy (non-hydrogen) atoms. The number of rotatable bonds is 4. The summed E-state index contributed by atoms with van der Waals surface area (Å²) in [6, 6.07) is 10.8. The van der Waals surface area contributed by atoms with Crippen molar-refractivity contribution in [3.05, 3.63) is 64.7 Å². The number of carbonyl (C=O) groups is 1. The molecule has 3 nitrogen and oxygen atoms in total. The highest BCUT2D eigenvalue weighted by molar-refractivity contribution is 6.08. The van der Waals surface area contributed by atoms with Gasteiger partial charge in [0.05, 0.1) is 12.7 Å². The average molecular weight is 282 g/mol. The predicted octanol–water partition coefficient (Wildman–Crippen LogP) is 3.91. The van der Waals surface area contributed by atoms with Crippen LogP contribution in [0.15, 0.2) is 42.5 Å². The molecule has 0 atom stereocenters. The van der Waals surface area contributed by atoms with Crippen LogP contribution in [-0.4, -0.2) is 18.0 Å². The number of phenolic OH excluding ortho intramolecular Hbond substituents is 1.